The van der Waals surface area contributed by atoms with Gasteiger partial charge in [-0.2, -0.15) is 0 Å². The highest BCUT2D eigenvalue weighted by molar-refractivity contribution is 5.71. The molecule has 0 spiro atoms. The Hall–Kier alpha value is -4.97. The fraction of sp³-hybridized carbons (Fsp3) is 0.580. The van der Waals surface area contributed by atoms with Crippen LogP contribution in [0.2, 0.25) is 0 Å². The molecule has 6 heteroatoms. The number of esters is 3. The van der Waals surface area contributed by atoms with Gasteiger partial charge in [-0.3, -0.25) is 14.4 Å². The average Bonchev–Trinajstić information content (AvgIpc) is 3.41. The summed E-state index contributed by atoms with van der Waals surface area (Å²) in [6.45, 7) is 6.37. The first-order chi connectivity index (χ1) is 37.0. The Bertz CT molecular complexity index is 1710. The summed E-state index contributed by atoms with van der Waals surface area (Å²) in [7, 11) is 0. The molecule has 1 atom stereocenters. The lowest BCUT2D eigenvalue weighted by Crippen LogP contribution is -2.30. The topological polar surface area (TPSA) is 78.9 Å². The van der Waals surface area contributed by atoms with Crippen LogP contribution < -0.4 is 0 Å². The first-order valence-electron chi connectivity index (χ1n) is 30.0. The lowest BCUT2D eigenvalue weighted by atomic mass is 10.1. The second kappa shape index (κ2) is 61.6. The number of allylic oxidation sites excluding steroid dienone is 26. The highest BCUT2D eigenvalue weighted by atomic mass is 16.6. The van der Waals surface area contributed by atoms with Gasteiger partial charge in [0.2, 0.25) is 0 Å². The van der Waals surface area contributed by atoms with Crippen LogP contribution in [0, 0.1) is 0 Å². The standard InChI is InChI=1S/C69H108O6/c1-4-7-10-13-16-19-22-25-28-31-34-37-40-43-46-49-52-55-58-61-67(70)73-64-66(75-69(72)63-60-57-54-51-48-45-42-39-36-33-30-27-24-21-18-15-12-9-6-3)65-74-68(71)62-59-56-53-50-47-44-41-38-35-32-29-26-23-20-17-14-11-8-5-2/h7,10,16-21,25-30,34-39,43-48,66H,4-6,8-9,11-15,22-24,31-33,40-42,49-65H2,1-3H3/b10-7-,19-16-,20-17-,21-18-,28-25-,29-26-,30-27-,37-34-,38-35-,39-36-,46-43-,47-44-,48-45-/t66-/m0/s1. The molecule has 0 saturated carbocycles. The van der Waals surface area contributed by atoms with E-state index in [-0.39, 0.29) is 37.5 Å². The Labute approximate surface area is 460 Å². The third-order valence-corrected chi connectivity index (χ3v) is 12.0. The zero-order valence-electron chi connectivity index (χ0n) is 48.0. The Morgan fingerprint density at radius 2 is 0.520 bits per heavy atom. The van der Waals surface area contributed by atoms with Crippen LogP contribution in [0.1, 0.15) is 239 Å². The van der Waals surface area contributed by atoms with Crippen LogP contribution in [-0.2, 0) is 28.6 Å². The fourth-order valence-electron chi connectivity index (χ4n) is 7.49. The predicted octanol–water partition coefficient (Wildman–Crippen LogP) is 20.5. The van der Waals surface area contributed by atoms with Crippen LogP contribution in [0.5, 0.6) is 0 Å². The number of rotatable bonds is 52. The summed E-state index contributed by atoms with van der Waals surface area (Å²) in [5, 5.41) is 0. The Kier molecular flexibility index (Phi) is 57.5. The molecule has 0 aromatic heterocycles. The van der Waals surface area contributed by atoms with Crippen molar-refractivity contribution in [1.82, 2.24) is 0 Å². The maximum Gasteiger partial charge on any atom is 0.306 e. The highest BCUT2D eigenvalue weighted by Crippen LogP contribution is 2.12. The van der Waals surface area contributed by atoms with Gasteiger partial charge >= 0.3 is 17.9 Å². The number of ether oxygens (including phenoxy) is 3. The molecule has 6 nitrogen and oxygen atoms in total. The van der Waals surface area contributed by atoms with Gasteiger partial charge in [-0.15, -0.1) is 0 Å². The van der Waals surface area contributed by atoms with Gasteiger partial charge in [0.05, 0.1) is 0 Å². The van der Waals surface area contributed by atoms with Gasteiger partial charge in [-0.25, -0.2) is 0 Å². The van der Waals surface area contributed by atoms with Gasteiger partial charge in [0.1, 0.15) is 13.2 Å². The van der Waals surface area contributed by atoms with Gasteiger partial charge in [0.15, 0.2) is 6.10 Å². The first-order valence-corrected chi connectivity index (χ1v) is 30.0. The SMILES string of the molecule is CC/C=C\C/C=C\C/C=C\C/C=C\C/C=C\CCCCCC(=O)OC[C@@H](COC(=O)CCCCC/C=C\C/C=C\C/C=C\C/C=C\CCCCC)OC(=O)CCCCC/C=C\C/C=C\C/C=C\C/C=C\CCCCC. The third-order valence-electron chi connectivity index (χ3n) is 12.0. The zero-order chi connectivity index (χ0) is 54.3. The van der Waals surface area contributed by atoms with Crippen molar-refractivity contribution in [1.29, 1.82) is 0 Å². The highest BCUT2D eigenvalue weighted by Gasteiger charge is 2.19. The molecule has 0 aromatic rings. The van der Waals surface area contributed by atoms with E-state index < -0.39 is 6.10 Å². The number of carbonyl (C=O) groups excluding carboxylic acids is 3. The molecule has 75 heavy (non-hydrogen) atoms. The van der Waals surface area contributed by atoms with Crippen molar-refractivity contribution in [3.63, 3.8) is 0 Å². The molecule has 0 radical (unpaired) electrons. The molecule has 0 fully saturated rings. The molecular formula is C69H108O6. The second-order valence-corrected chi connectivity index (χ2v) is 19.2. The predicted molar refractivity (Wildman–Crippen MR) is 325 cm³/mol. The lowest BCUT2D eigenvalue weighted by molar-refractivity contribution is -0.167. The maximum absolute atomic E-state index is 12.9. The number of hydrogen-bond acceptors (Lipinski definition) is 6. The largest absolute Gasteiger partial charge is 0.462 e. The number of unbranched alkanes of at least 4 members (excludes halogenated alkanes) is 15. The number of hydrogen-bond donors (Lipinski definition) is 0. The normalized spacial score (nSPS) is 13.3. The summed E-state index contributed by atoms with van der Waals surface area (Å²) < 4.78 is 16.8. The summed E-state index contributed by atoms with van der Waals surface area (Å²) in [5.74, 6) is -1.02. The van der Waals surface area contributed by atoms with Crippen LogP contribution in [0.15, 0.2) is 158 Å². The van der Waals surface area contributed by atoms with Gasteiger partial charge in [-0.1, -0.05) is 224 Å². The maximum atomic E-state index is 12.9. The molecule has 0 saturated heterocycles. The Morgan fingerprint density at radius 1 is 0.280 bits per heavy atom. The smallest absolute Gasteiger partial charge is 0.306 e. The minimum absolute atomic E-state index is 0.126. The van der Waals surface area contributed by atoms with Crippen LogP contribution in [0.4, 0.5) is 0 Å². The van der Waals surface area contributed by atoms with Gasteiger partial charge in [-0.05, 0) is 154 Å². The van der Waals surface area contributed by atoms with Gasteiger partial charge < -0.3 is 14.2 Å². The monoisotopic (exact) mass is 1030 g/mol. The van der Waals surface area contributed by atoms with Gasteiger partial charge in [0.25, 0.3) is 0 Å². The van der Waals surface area contributed by atoms with Crippen molar-refractivity contribution in [2.24, 2.45) is 0 Å². The minimum Gasteiger partial charge on any atom is -0.462 e. The minimum atomic E-state index is -0.832. The fourth-order valence-corrected chi connectivity index (χ4v) is 7.49. The van der Waals surface area contributed by atoms with Crippen LogP contribution >= 0.6 is 0 Å². The van der Waals surface area contributed by atoms with Crippen LogP contribution in [0.3, 0.4) is 0 Å². The molecule has 0 unspecified atom stereocenters. The van der Waals surface area contributed by atoms with Crippen molar-refractivity contribution in [2.45, 2.75) is 245 Å². The summed E-state index contributed by atoms with van der Waals surface area (Å²) in [6, 6.07) is 0. The van der Waals surface area contributed by atoms with Crippen molar-refractivity contribution >= 4 is 17.9 Å². The van der Waals surface area contributed by atoms with E-state index >= 15 is 0 Å². The van der Waals surface area contributed by atoms with E-state index in [4.69, 9.17) is 14.2 Å². The number of carbonyl (C=O) groups is 3. The van der Waals surface area contributed by atoms with Crippen molar-refractivity contribution < 1.29 is 28.6 Å². The van der Waals surface area contributed by atoms with E-state index in [9.17, 15) is 14.4 Å². The molecule has 0 aliphatic heterocycles. The van der Waals surface area contributed by atoms with E-state index in [1.807, 2.05) is 0 Å². The van der Waals surface area contributed by atoms with E-state index in [0.29, 0.717) is 19.3 Å². The Morgan fingerprint density at radius 3 is 0.787 bits per heavy atom. The summed E-state index contributed by atoms with van der Waals surface area (Å²) >= 11 is 0. The molecule has 0 bridgehead atoms. The van der Waals surface area contributed by atoms with Crippen molar-refractivity contribution in [3.05, 3.63) is 158 Å². The summed E-state index contributed by atoms with van der Waals surface area (Å²) in [5.41, 5.74) is 0. The quantitative estimate of drug-likeness (QED) is 0.0261. The van der Waals surface area contributed by atoms with Crippen LogP contribution in [0.25, 0.3) is 0 Å². The van der Waals surface area contributed by atoms with E-state index in [0.717, 1.165) is 141 Å². The molecule has 0 amide bonds. The van der Waals surface area contributed by atoms with E-state index in [2.05, 4.69) is 179 Å². The van der Waals surface area contributed by atoms with Gasteiger partial charge in [0, 0.05) is 19.3 Å². The molecule has 420 valence electrons. The molecule has 0 N–H and O–H groups in total. The van der Waals surface area contributed by atoms with Crippen molar-refractivity contribution in [3.8, 4) is 0 Å². The third kappa shape index (κ3) is 59.8. The van der Waals surface area contributed by atoms with E-state index in [1.165, 1.54) is 51.4 Å². The lowest BCUT2D eigenvalue weighted by Gasteiger charge is -2.18. The molecule has 0 aromatic carbocycles. The zero-order valence-corrected chi connectivity index (χ0v) is 48.0. The molecule has 0 rings (SSSR count). The second-order valence-electron chi connectivity index (χ2n) is 19.2. The first kappa shape index (κ1) is 70.0. The molecule has 0 aliphatic carbocycles. The average molecular weight is 1030 g/mol. The van der Waals surface area contributed by atoms with Crippen LogP contribution in [-0.4, -0.2) is 37.2 Å². The molecular weight excluding hydrogens is 925 g/mol. The summed E-state index contributed by atoms with van der Waals surface area (Å²) in [4.78, 5) is 38.3. The summed E-state index contributed by atoms with van der Waals surface area (Å²) in [6.07, 6.45) is 89.4. The van der Waals surface area contributed by atoms with E-state index in [1.54, 1.807) is 0 Å². The van der Waals surface area contributed by atoms with Crippen molar-refractivity contribution in [2.75, 3.05) is 13.2 Å². The Balaban J connectivity index is 4.61. The molecule has 0 aliphatic rings. The molecule has 0 heterocycles.